The SMILES string of the molecule is C=CCN=C([Se])C(CC=C)c1ccccc1. The standard InChI is InChI=1S/C14H16NSe/c1-3-8-13(14(16)15-11-4-2)12-9-6-5-7-10-12/h3-7,9-10,13H,1-2,8,11H2. The van der Waals surface area contributed by atoms with E-state index in [-0.39, 0.29) is 0 Å². The third kappa shape index (κ3) is 3.80. The Morgan fingerprint density at radius 2 is 1.94 bits per heavy atom. The van der Waals surface area contributed by atoms with Crippen LogP contribution in [0.1, 0.15) is 17.9 Å². The Labute approximate surface area is 106 Å². The van der Waals surface area contributed by atoms with Gasteiger partial charge in [-0.2, -0.15) is 0 Å². The van der Waals surface area contributed by atoms with Crippen molar-refractivity contribution in [2.24, 2.45) is 4.99 Å². The molecular weight excluding hydrogens is 261 g/mol. The van der Waals surface area contributed by atoms with Crippen molar-refractivity contribution in [3.8, 4) is 0 Å². The molecule has 0 heterocycles. The average molecular weight is 277 g/mol. The molecule has 16 heavy (non-hydrogen) atoms. The minimum atomic E-state index is 0.290. The Balaban J connectivity index is 2.90. The van der Waals surface area contributed by atoms with E-state index >= 15 is 0 Å². The van der Waals surface area contributed by atoms with Crippen molar-refractivity contribution in [2.75, 3.05) is 6.54 Å². The third-order valence-electron chi connectivity index (χ3n) is 2.28. The molecule has 0 saturated heterocycles. The summed E-state index contributed by atoms with van der Waals surface area (Å²) in [7, 11) is 0. The van der Waals surface area contributed by atoms with Gasteiger partial charge < -0.3 is 0 Å². The van der Waals surface area contributed by atoms with E-state index in [4.69, 9.17) is 0 Å². The zero-order chi connectivity index (χ0) is 11.8. The third-order valence-corrected chi connectivity index (χ3v) is 3.15. The summed E-state index contributed by atoms with van der Waals surface area (Å²) in [5, 5.41) is 0. The molecule has 0 fully saturated rings. The fourth-order valence-corrected chi connectivity index (χ4v) is 2.14. The van der Waals surface area contributed by atoms with Crippen LogP contribution in [-0.2, 0) is 0 Å². The summed E-state index contributed by atoms with van der Waals surface area (Å²) in [6, 6.07) is 10.4. The summed E-state index contributed by atoms with van der Waals surface area (Å²) in [5.74, 6) is 0.290. The van der Waals surface area contributed by atoms with E-state index in [1.807, 2.05) is 24.3 Å². The summed E-state index contributed by atoms with van der Waals surface area (Å²) in [4.78, 5) is 4.43. The van der Waals surface area contributed by atoms with Gasteiger partial charge in [0.25, 0.3) is 0 Å². The van der Waals surface area contributed by atoms with Gasteiger partial charge in [0.15, 0.2) is 0 Å². The molecule has 0 bridgehead atoms. The molecule has 0 aliphatic rings. The molecule has 1 atom stereocenters. The van der Waals surface area contributed by atoms with Crippen LogP contribution in [0.2, 0.25) is 0 Å². The van der Waals surface area contributed by atoms with Crippen LogP contribution in [0.5, 0.6) is 0 Å². The number of aliphatic imine (C=N–C) groups is 1. The topological polar surface area (TPSA) is 12.4 Å². The molecule has 0 N–H and O–H groups in total. The predicted molar refractivity (Wildman–Crippen MR) is 72.3 cm³/mol. The Kier molecular flexibility index (Phi) is 5.84. The zero-order valence-electron chi connectivity index (χ0n) is 9.30. The van der Waals surface area contributed by atoms with E-state index in [0.29, 0.717) is 12.5 Å². The predicted octanol–water partition coefficient (Wildman–Crippen LogP) is 3.10. The summed E-state index contributed by atoms with van der Waals surface area (Å²) < 4.78 is 1.02. The van der Waals surface area contributed by atoms with Gasteiger partial charge in [0.05, 0.1) is 0 Å². The number of hydrogen-bond acceptors (Lipinski definition) is 1. The van der Waals surface area contributed by atoms with E-state index in [2.05, 4.69) is 46.3 Å². The van der Waals surface area contributed by atoms with Crippen LogP contribution in [0.15, 0.2) is 60.6 Å². The van der Waals surface area contributed by atoms with Gasteiger partial charge in [-0.3, -0.25) is 0 Å². The molecule has 0 amide bonds. The van der Waals surface area contributed by atoms with E-state index in [0.717, 1.165) is 11.0 Å². The first-order valence-electron chi connectivity index (χ1n) is 5.27. The van der Waals surface area contributed by atoms with Crippen LogP contribution >= 0.6 is 0 Å². The van der Waals surface area contributed by atoms with Gasteiger partial charge in [-0.05, 0) is 0 Å². The van der Waals surface area contributed by atoms with Gasteiger partial charge in [0, 0.05) is 0 Å². The Hall–Kier alpha value is -1.11. The number of rotatable bonds is 6. The van der Waals surface area contributed by atoms with Crippen molar-refractivity contribution < 1.29 is 0 Å². The fourth-order valence-electron chi connectivity index (χ4n) is 1.50. The molecule has 0 aliphatic carbocycles. The van der Waals surface area contributed by atoms with Crippen molar-refractivity contribution in [3.63, 3.8) is 0 Å². The number of allylic oxidation sites excluding steroid dienone is 1. The van der Waals surface area contributed by atoms with Crippen LogP contribution in [0.25, 0.3) is 0 Å². The molecule has 0 spiro atoms. The maximum absolute atomic E-state index is 4.43. The van der Waals surface area contributed by atoms with Crippen LogP contribution in [-0.4, -0.2) is 27.2 Å². The quantitative estimate of drug-likeness (QED) is 0.430. The Morgan fingerprint density at radius 3 is 2.50 bits per heavy atom. The first-order chi connectivity index (χ1) is 7.79. The maximum atomic E-state index is 4.43. The Bertz CT molecular complexity index is 368. The minimum absolute atomic E-state index is 0.290. The summed E-state index contributed by atoms with van der Waals surface area (Å²) in [5.41, 5.74) is 1.27. The molecule has 2 heteroatoms. The van der Waals surface area contributed by atoms with Gasteiger partial charge in [-0.1, -0.05) is 0 Å². The molecule has 0 saturated carbocycles. The van der Waals surface area contributed by atoms with Crippen LogP contribution in [0, 0.1) is 0 Å². The molecule has 1 unspecified atom stereocenters. The number of benzene rings is 1. The molecule has 0 aromatic heterocycles. The van der Waals surface area contributed by atoms with Crippen molar-refractivity contribution in [1.82, 2.24) is 0 Å². The molecule has 1 nitrogen and oxygen atoms in total. The second-order valence-corrected chi connectivity index (χ2v) is 4.33. The second-order valence-electron chi connectivity index (χ2n) is 3.46. The zero-order valence-corrected chi connectivity index (χ0v) is 11.0. The van der Waals surface area contributed by atoms with Crippen molar-refractivity contribution >= 4 is 20.6 Å². The van der Waals surface area contributed by atoms with E-state index < -0.39 is 0 Å². The molecule has 83 valence electrons. The number of nitrogens with zero attached hydrogens (tertiary/aromatic N) is 1. The second kappa shape index (κ2) is 7.21. The van der Waals surface area contributed by atoms with Crippen LogP contribution in [0.4, 0.5) is 0 Å². The molecule has 1 aromatic rings. The van der Waals surface area contributed by atoms with Crippen molar-refractivity contribution in [2.45, 2.75) is 12.3 Å². The molecule has 1 rings (SSSR count). The van der Waals surface area contributed by atoms with Crippen molar-refractivity contribution in [3.05, 3.63) is 61.2 Å². The summed E-state index contributed by atoms with van der Waals surface area (Å²) >= 11 is 3.05. The van der Waals surface area contributed by atoms with Gasteiger partial charge in [-0.25, -0.2) is 0 Å². The fraction of sp³-hybridized carbons (Fsp3) is 0.214. The van der Waals surface area contributed by atoms with Gasteiger partial charge in [-0.15, -0.1) is 0 Å². The van der Waals surface area contributed by atoms with Crippen LogP contribution in [0.3, 0.4) is 0 Å². The van der Waals surface area contributed by atoms with Crippen molar-refractivity contribution in [1.29, 1.82) is 0 Å². The summed E-state index contributed by atoms with van der Waals surface area (Å²) in [6.45, 7) is 8.12. The first kappa shape index (κ1) is 13.0. The molecule has 0 aliphatic heterocycles. The van der Waals surface area contributed by atoms with Gasteiger partial charge in [0.1, 0.15) is 0 Å². The van der Waals surface area contributed by atoms with Gasteiger partial charge >= 0.3 is 106 Å². The number of hydrogen-bond donors (Lipinski definition) is 0. The van der Waals surface area contributed by atoms with Gasteiger partial charge in [0.2, 0.25) is 0 Å². The molecule has 1 aromatic carbocycles. The average Bonchev–Trinajstić information content (AvgIpc) is 2.34. The van der Waals surface area contributed by atoms with E-state index in [1.54, 1.807) is 6.08 Å². The Morgan fingerprint density at radius 1 is 1.25 bits per heavy atom. The summed E-state index contributed by atoms with van der Waals surface area (Å²) in [6.07, 6.45) is 4.62. The van der Waals surface area contributed by atoms with Crippen LogP contribution < -0.4 is 0 Å². The van der Waals surface area contributed by atoms with E-state index in [9.17, 15) is 0 Å². The molecule has 1 radical (unpaired) electrons. The van der Waals surface area contributed by atoms with E-state index in [1.165, 1.54) is 5.56 Å². The normalized spacial score (nSPS) is 13.1. The molecular formula is C14H16NSe. The first-order valence-corrected chi connectivity index (χ1v) is 6.13. The monoisotopic (exact) mass is 278 g/mol.